The molecule has 0 spiro atoms. The van der Waals surface area contributed by atoms with Crippen LogP contribution in [0.25, 0.3) is 21.8 Å². The Morgan fingerprint density at radius 2 is 1.29 bits per heavy atom. The average Bonchev–Trinajstić information content (AvgIpc) is 3.19. The van der Waals surface area contributed by atoms with Gasteiger partial charge in [0.15, 0.2) is 0 Å². The number of carbonyl (C=O) groups is 1. The van der Waals surface area contributed by atoms with E-state index in [-0.39, 0.29) is 11.7 Å². The summed E-state index contributed by atoms with van der Waals surface area (Å²) >= 11 is 0. The van der Waals surface area contributed by atoms with Gasteiger partial charge in [-0.05, 0) is 43.0 Å². The SMILES string of the molecule is CC(=O)C(Cc1c[nH]c2ccccc12)Cc1c[nH]c2ccccc12. The zero-order chi connectivity index (χ0) is 16.5. The van der Waals surface area contributed by atoms with E-state index in [1.54, 1.807) is 6.92 Å². The molecule has 0 bridgehead atoms. The molecule has 0 fully saturated rings. The quantitative estimate of drug-likeness (QED) is 0.553. The predicted octanol–water partition coefficient (Wildman–Crippen LogP) is 4.64. The molecule has 0 aliphatic carbocycles. The molecule has 0 unspecified atom stereocenters. The molecule has 3 nitrogen and oxygen atoms in total. The van der Waals surface area contributed by atoms with Gasteiger partial charge in [0.2, 0.25) is 0 Å². The van der Waals surface area contributed by atoms with Gasteiger partial charge in [-0.3, -0.25) is 4.79 Å². The van der Waals surface area contributed by atoms with E-state index < -0.39 is 0 Å². The minimum atomic E-state index is -0.0107. The maximum Gasteiger partial charge on any atom is 0.133 e. The van der Waals surface area contributed by atoms with E-state index in [4.69, 9.17) is 0 Å². The normalized spacial score (nSPS) is 11.6. The van der Waals surface area contributed by atoms with Crippen LogP contribution in [0.5, 0.6) is 0 Å². The van der Waals surface area contributed by atoms with Crippen molar-refractivity contribution in [2.75, 3.05) is 0 Å². The highest BCUT2D eigenvalue weighted by Gasteiger charge is 2.19. The smallest absolute Gasteiger partial charge is 0.133 e. The molecule has 0 aliphatic heterocycles. The lowest BCUT2D eigenvalue weighted by atomic mass is 9.89. The Kier molecular flexibility index (Phi) is 3.69. The molecule has 0 saturated carbocycles. The number of rotatable bonds is 5. The lowest BCUT2D eigenvalue weighted by Crippen LogP contribution is -2.16. The lowest BCUT2D eigenvalue weighted by Gasteiger charge is -2.13. The van der Waals surface area contributed by atoms with Crippen LogP contribution >= 0.6 is 0 Å². The van der Waals surface area contributed by atoms with Crippen molar-refractivity contribution < 1.29 is 4.79 Å². The van der Waals surface area contributed by atoms with Crippen molar-refractivity contribution in [2.45, 2.75) is 19.8 Å². The maximum absolute atomic E-state index is 12.2. The number of Topliss-reactive ketones (excluding diaryl/α,β-unsaturated/α-hetero) is 1. The zero-order valence-corrected chi connectivity index (χ0v) is 13.7. The van der Waals surface area contributed by atoms with Gasteiger partial charge in [0.05, 0.1) is 0 Å². The number of para-hydroxylation sites is 2. The van der Waals surface area contributed by atoms with Gasteiger partial charge >= 0.3 is 0 Å². The molecule has 0 amide bonds. The summed E-state index contributed by atoms with van der Waals surface area (Å²) in [6, 6.07) is 16.5. The van der Waals surface area contributed by atoms with E-state index in [1.807, 2.05) is 36.7 Å². The van der Waals surface area contributed by atoms with Crippen molar-refractivity contribution in [3.63, 3.8) is 0 Å². The van der Waals surface area contributed by atoms with Gasteiger partial charge in [-0.25, -0.2) is 0 Å². The molecule has 0 atom stereocenters. The average molecular weight is 316 g/mol. The van der Waals surface area contributed by atoms with E-state index >= 15 is 0 Å². The van der Waals surface area contributed by atoms with Gasteiger partial charge in [-0.1, -0.05) is 36.4 Å². The van der Waals surface area contributed by atoms with Crippen molar-refractivity contribution in [1.29, 1.82) is 0 Å². The molecule has 4 rings (SSSR count). The van der Waals surface area contributed by atoms with Gasteiger partial charge in [0, 0.05) is 40.1 Å². The number of aromatic amines is 2. The van der Waals surface area contributed by atoms with Crippen molar-refractivity contribution in [2.24, 2.45) is 5.92 Å². The van der Waals surface area contributed by atoms with E-state index in [9.17, 15) is 4.79 Å². The Morgan fingerprint density at radius 1 is 0.833 bits per heavy atom. The second-order valence-corrected chi connectivity index (χ2v) is 6.43. The summed E-state index contributed by atoms with van der Waals surface area (Å²) in [6.45, 7) is 1.70. The second-order valence-electron chi connectivity index (χ2n) is 6.43. The summed E-state index contributed by atoms with van der Waals surface area (Å²) in [5.41, 5.74) is 4.68. The van der Waals surface area contributed by atoms with Gasteiger partial charge in [-0.2, -0.15) is 0 Å². The van der Waals surface area contributed by atoms with Crippen molar-refractivity contribution in [3.05, 3.63) is 72.1 Å². The number of H-pyrrole nitrogens is 2. The molecule has 24 heavy (non-hydrogen) atoms. The first kappa shape index (κ1) is 14.8. The van der Waals surface area contributed by atoms with Crippen LogP contribution in [0.2, 0.25) is 0 Å². The van der Waals surface area contributed by atoms with Gasteiger partial charge in [0.25, 0.3) is 0 Å². The number of hydrogen-bond acceptors (Lipinski definition) is 1. The third-order valence-electron chi connectivity index (χ3n) is 4.86. The summed E-state index contributed by atoms with van der Waals surface area (Å²) < 4.78 is 0. The van der Waals surface area contributed by atoms with Crippen LogP contribution in [0.1, 0.15) is 18.1 Å². The van der Waals surface area contributed by atoms with E-state index in [1.165, 1.54) is 21.9 Å². The summed E-state index contributed by atoms with van der Waals surface area (Å²) in [7, 11) is 0. The monoisotopic (exact) mass is 316 g/mol. The van der Waals surface area contributed by atoms with Crippen LogP contribution in [-0.4, -0.2) is 15.8 Å². The highest BCUT2D eigenvalue weighted by molar-refractivity contribution is 5.86. The number of aromatic nitrogens is 2. The zero-order valence-electron chi connectivity index (χ0n) is 13.7. The number of fused-ring (bicyclic) bond motifs is 2. The molecule has 2 aromatic carbocycles. The van der Waals surface area contributed by atoms with Gasteiger partial charge < -0.3 is 9.97 Å². The number of carbonyl (C=O) groups excluding carboxylic acids is 1. The molecule has 0 radical (unpaired) electrons. The largest absolute Gasteiger partial charge is 0.361 e. The summed E-state index contributed by atoms with van der Waals surface area (Å²) in [5.74, 6) is 0.231. The number of hydrogen-bond donors (Lipinski definition) is 2. The molecule has 120 valence electrons. The number of ketones is 1. The fraction of sp³-hybridized carbons (Fsp3) is 0.190. The Balaban J connectivity index is 1.64. The fourth-order valence-electron chi connectivity index (χ4n) is 3.49. The van der Waals surface area contributed by atoms with E-state index in [0.29, 0.717) is 0 Å². The van der Waals surface area contributed by atoms with Crippen LogP contribution in [0, 0.1) is 5.92 Å². The highest BCUT2D eigenvalue weighted by Crippen LogP contribution is 2.26. The Bertz CT molecular complexity index is 933. The third-order valence-corrected chi connectivity index (χ3v) is 4.86. The van der Waals surface area contributed by atoms with Crippen LogP contribution < -0.4 is 0 Å². The first-order valence-electron chi connectivity index (χ1n) is 8.33. The van der Waals surface area contributed by atoms with Crippen molar-refractivity contribution in [1.82, 2.24) is 9.97 Å². The molecule has 2 aromatic heterocycles. The summed E-state index contributed by atoms with van der Waals surface area (Å²) in [4.78, 5) is 18.9. The first-order chi connectivity index (χ1) is 11.7. The lowest BCUT2D eigenvalue weighted by molar-refractivity contribution is -0.120. The Labute approximate surface area is 140 Å². The van der Waals surface area contributed by atoms with Crippen LogP contribution in [-0.2, 0) is 17.6 Å². The first-order valence-corrected chi connectivity index (χ1v) is 8.33. The predicted molar refractivity (Wildman–Crippen MR) is 98.2 cm³/mol. The summed E-state index contributed by atoms with van der Waals surface area (Å²) in [6.07, 6.45) is 5.60. The molecule has 0 saturated heterocycles. The van der Waals surface area contributed by atoms with Crippen LogP contribution in [0.4, 0.5) is 0 Å². The van der Waals surface area contributed by atoms with Crippen LogP contribution in [0.15, 0.2) is 60.9 Å². The van der Waals surface area contributed by atoms with E-state index in [2.05, 4.69) is 34.2 Å². The second kappa shape index (κ2) is 6.00. The number of nitrogens with one attached hydrogen (secondary N) is 2. The molecule has 0 aliphatic rings. The molecular weight excluding hydrogens is 296 g/mol. The Morgan fingerprint density at radius 3 is 1.75 bits per heavy atom. The Hall–Kier alpha value is -2.81. The van der Waals surface area contributed by atoms with Crippen molar-refractivity contribution in [3.8, 4) is 0 Å². The van der Waals surface area contributed by atoms with Crippen LogP contribution in [0.3, 0.4) is 0 Å². The summed E-state index contributed by atoms with van der Waals surface area (Å²) in [5, 5.41) is 2.42. The fourth-order valence-corrected chi connectivity index (χ4v) is 3.49. The van der Waals surface area contributed by atoms with E-state index in [0.717, 1.165) is 23.9 Å². The number of benzene rings is 2. The molecule has 4 aromatic rings. The molecule has 2 heterocycles. The van der Waals surface area contributed by atoms with Crippen molar-refractivity contribution >= 4 is 27.6 Å². The minimum absolute atomic E-state index is 0.0107. The minimum Gasteiger partial charge on any atom is -0.361 e. The van der Waals surface area contributed by atoms with Gasteiger partial charge in [-0.15, -0.1) is 0 Å². The standard InChI is InChI=1S/C21H20N2O/c1-14(24)15(10-16-12-22-20-8-4-2-6-18(16)20)11-17-13-23-21-9-5-3-7-19(17)21/h2-9,12-13,15,22-23H,10-11H2,1H3. The third kappa shape index (κ3) is 2.62. The molecule has 2 N–H and O–H groups in total. The molecular formula is C21H20N2O. The van der Waals surface area contributed by atoms with Gasteiger partial charge in [0.1, 0.15) is 5.78 Å². The highest BCUT2D eigenvalue weighted by atomic mass is 16.1. The molecule has 3 heteroatoms. The topological polar surface area (TPSA) is 48.6 Å². The maximum atomic E-state index is 12.2.